The Labute approximate surface area is 168 Å². The Morgan fingerprint density at radius 3 is 2.70 bits per heavy atom. The first-order chi connectivity index (χ1) is 12.9. The molecular weight excluding hydrogens is 382 g/mol. The van der Waals surface area contributed by atoms with Gasteiger partial charge in [-0.15, -0.1) is 0 Å². The van der Waals surface area contributed by atoms with Crippen LogP contribution in [-0.2, 0) is 4.79 Å². The molecule has 2 aliphatic rings. The topological polar surface area (TPSA) is 53.6 Å². The summed E-state index contributed by atoms with van der Waals surface area (Å²) >= 11 is 11.5. The smallest absolute Gasteiger partial charge is 0.236 e. The fourth-order valence-electron chi connectivity index (χ4n) is 4.01. The van der Waals surface area contributed by atoms with Crippen molar-refractivity contribution in [3.63, 3.8) is 0 Å². The molecule has 1 fully saturated rings. The highest BCUT2D eigenvalue weighted by Crippen LogP contribution is 2.48. The van der Waals surface area contributed by atoms with Crippen LogP contribution < -0.4 is 15.4 Å². The van der Waals surface area contributed by atoms with Gasteiger partial charge in [0.15, 0.2) is 10.8 Å². The molecule has 2 aromatic rings. The summed E-state index contributed by atoms with van der Waals surface area (Å²) in [6.07, 6.45) is 0. The Morgan fingerprint density at radius 1 is 1.30 bits per heavy atom. The van der Waals surface area contributed by atoms with Crippen LogP contribution in [0.2, 0.25) is 5.02 Å². The van der Waals surface area contributed by atoms with Crippen molar-refractivity contribution in [1.82, 2.24) is 10.2 Å². The number of para-hydroxylation sites is 1. The Kier molecular flexibility index (Phi) is 4.48. The number of amides is 1. The Hall–Kier alpha value is -2.31. The summed E-state index contributed by atoms with van der Waals surface area (Å²) in [4.78, 5) is 15.2. The van der Waals surface area contributed by atoms with Crippen molar-refractivity contribution >= 4 is 40.5 Å². The fraction of sp³-hybridized carbons (Fsp3) is 0.300. The van der Waals surface area contributed by atoms with Crippen LogP contribution in [-0.4, -0.2) is 28.2 Å². The van der Waals surface area contributed by atoms with Gasteiger partial charge in [0, 0.05) is 22.8 Å². The minimum atomic E-state index is -0.882. The summed E-state index contributed by atoms with van der Waals surface area (Å²) in [5, 5.41) is 7.56. The average Bonchev–Trinajstić information content (AvgIpc) is 2.63. The Morgan fingerprint density at radius 2 is 2.00 bits per heavy atom. The summed E-state index contributed by atoms with van der Waals surface area (Å²) in [6.45, 7) is 4.55. The molecule has 3 unspecified atom stereocenters. The third-order valence-electron chi connectivity index (χ3n) is 5.25. The number of carbonyl (C=O) groups is 1. The SMILES string of the molecule is CCN1C(=S)NC2c3ccccc3OC1(C)C2C(=O)Nc1ccc(Cl)cc1. The molecule has 5 nitrogen and oxygen atoms in total. The number of rotatable bonds is 3. The predicted octanol–water partition coefficient (Wildman–Crippen LogP) is 3.95. The van der Waals surface area contributed by atoms with Crippen molar-refractivity contribution in [2.45, 2.75) is 25.6 Å². The van der Waals surface area contributed by atoms with Gasteiger partial charge in [0.25, 0.3) is 0 Å². The molecule has 2 N–H and O–H groups in total. The molecule has 140 valence electrons. The van der Waals surface area contributed by atoms with Crippen molar-refractivity contribution in [3.05, 3.63) is 59.1 Å². The van der Waals surface area contributed by atoms with Crippen molar-refractivity contribution in [1.29, 1.82) is 0 Å². The normalized spacial score (nSPS) is 25.9. The molecule has 0 saturated carbocycles. The fourth-order valence-corrected chi connectivity index (χ4v) is 4.57. The number of hydrogen-bond acceptors (Lipinski definition) is 3. The van der Waals surface area contributed by atoms with Gasteiger partial charge in [0.1, 0.15) is 11.7 Å². The van der Waals surface area contributed by atoms with E-state index in [0.717, 1.165) is 11.3 Å². The van der Waals surface area contributed by atoms with E-state index in [9.17, 15) is 4.79 Å². The highest BCUT2D eigenvalue weighted by molar-refractivity contribution is 7.80. The third kappa shape index (κ3) is 2.93. The minimum Gasteiger partial charge on any atom is -0.467 e. The van der Waals surface area contributed by atoms with Gasteiger partial charge in [-0.1, -0.05) is 29.8 Å². The van der Waals surface area contributed by atoms with Crippen molar-refractivity contribution in [2.75, 3.05) is 11.9 Å². The molecule has 1 saturated heterocycles. The van der Waals surface area contributed by atoms with Crippen LogP contribution in [0.5, 0.6) is 5.75 Å². The molecule has 2 aromatic carbocycles. The number of ether oxygens (including phenoxy) is 1. The maximum absolute atomic E-state index is 13.3. The number of nitrogens with one attached hydrogen (secondary N) is 2. The molecule has 7 heteroatoms. The van der Waals surface area contributed by atoms with Gasteiger partial charge in [-0.25, -0.2) is 0 Å². The summed E-state index contributed by atoms with van der Waals surface area (Å²) in [6, 6.07) is 14.6. The van der Waals surface area contributed by atoms with E-state index in [0.29, 0.717) is 22.4 Å². The highest BCUT2D eigenvalue weighted by atomic mass is 35.5. The summed E-state index contributed by atoms with van der Waals surface area (Å²) in [7, 11) is 0. The Bertz CT molecular complexity index is 904. The number of halogens is 1. The van der Waals surface area contributed by atoms with Gasteiger partial charge < -0.3 is 20.3 Å². The van der Waals surface area contributed by atoms with E-state index in [1.807, 2.05) is 43.0 Å². The van der Waals surface area contributed by atoms with Gasteiger partial charge in [-0.3, -0.25) is 4.79 Å². The minimum absolute atomic E-state index is 0.132. The monoisotopic (exact) mass is 401 g/mol. The molecule has 0 spiro atoms. The van der Waals surface area contributed by atoms with Crippen LogP contribution >= 0.6 is 23.8 Å². The first kappa shape index (κ1) is 18.1. The zero-order chi connectivity index (χ0) is 19.2. The third-order valence-corrected chi connectivity index (χ3v) is 5.84. The summed E-state index contributed by atoms with van der Waals surface area (Å²) in [5.41, 5.74) is 0.743. The lowest BCUT2D eigenvalue weighted by atomic mass is 9.79. The quantitative estimate of drug-likeness (QED) is 0.762. The Balaban J connectivity index is 1.75. The number of benzene rings is 2. The van der Waals surface area contributed by atoms with Crippen LogP contribution in [0.25, 0.3) is 0 Å². The molecule has 2 bridgehead atoms. The first-order valence-corrected chi connectivity index (χ1v) is 9.65. The second kappa shape index (κ2) is 6.69. The van der Waals surface area contributed by atoms with E-state index >= 15 is 0 Å². The van der Waals surface area contributed by atoms with Crippen LogP contribution in [0.3, 0.4) is 0 Å². The van der Waals surface area contributed by atoms with Gasteiger partial charge >= 0.3 is 0 Å². The molecular formula is C20H20ClN3O2S. The number of carbonyl (C=O) groups excluding carboxylic acids is 1. The molecule has 0 aliphatic carbocycles. The molecule has 3 atom stereocenters. The van der Waals surface area contributed by atoms with Crippen LogP contribution in [0.1, 0.15) is 25.5 Å². The van der Waals surface area contributed by atoms with E-state index in [1.165, 1.54) is 0 Å². The number of nitrogens with zero attached hydrogens (tertiary/aromatic N) is 1. The molecule has 2 heterocycles. The number of anilines is 1. The van der Waals surface area contributed by atoms with Crippen LogP contribution in [0.4, 0.5) is 5.69 Å². The summed E-state index contributed by atoms with van der Waals surface area (Å²) < 4.78 is 6.37. The van der Waals surface area contributed by atoms with Crippen LogP contribution in [0, 0.1) is 5.92 Å². The van der Waals surface area contributed by atoms with Crippen molar-refractivity contribution in [2.24, 2.45) is 5.92 Å². The highest BCUT2D eigenvalue weighted by Gasteiger charge is 2.58. The number of hydrogen-bond donors (Lipinski definition) is 2. The van der Waals surface area contributed by atoms with Gasteiger partial charge in [-0.2, -0.15) is 0 Å². The zero-order valence-corrected chi connectivity index (χ0v) is 16.6. The van der Waals surface area contributed by atoms with E-state index in [-0.39, 0.29) is 11.9 Å². The average molecular weight is 402 g/mol. The maximum Gasteiger partial charge on any atom is 0.236 e. The first-order valence-electron chi connectivity index (χ1n) is 8.86. The molecule has 27 heavy (non-hydrogen) atoms. The lowest BCUT2D eigenvalue weighted by Gasteiger charge is -2.55. The standard InChI is InChI=1S/C20H20ClN3O2S/c1-3-24-19(27)23-17-14-6-4-5-7-15(14)26-20(24,2)16(17)18(25)22-13-10-8-12(21)9-11-13/h4-11,16-17H,3H2,1-2H3,(H,22,25)(H,23,27). The zero-order valence-electron chi connectivity index (χ0n) is 15.0. The summed E-state index contributed by atoms with van der Waals surface area (Å²) in [5.74, 6) is 0.150. The predicted molar refractivity (Wildman–Crippen MR) is 110 cm³/mol. The van der Waals surface area contributed by atoms with E-state index < -0.39 is 11.6 Å². The molecule has 4 rings (SSSR count). The van der Waals surface area contributed by atoms with E-state index in [4.69, 9.17) is 28.6 Å². The molecule has 1 amide bonds. The second-order valence-electron chi connectivity index (χ2n) is 6.84. The second-order valence-corrected chi connectivity index (χ2v) is 7.66. The lowest BCUT2D eigenvalue weighted by molar-refractivity contribution is -0.148. The van der Waals surface area contributed by atoms with Crippen LogP contribution in [0.15, 0.2) is 48.5 Å². The number of thiocarbonyl (C=S) groups is 1. The molecule has 0 aromatic heterocycles. The molecule has 2 aliphatic heterocycles. The van der Waals surface area contributed by atoms with Gasteiger partial charge in [0.05, 0.1) is 6.04 Å². The van der Waals surface area contributed by atoms with Crippen molar-refractivity contribution < 1.29 is 9.53 Å². The van der Waals surface area contributed by atoms with Gasteiger partial charge in [0.2, 0.25) is 5.91 Å². The van der Waals surface area contributed by atoms with Crippen molar-refractivity contribution in [3.8, 4) is 5.75 Å². The van der Waals surface area contributed by atoms with E-state index in [2.05, 4.69) is 10.6 Å². The largest absolute Gasteiger partial charge is 0.467 e. The maximum atomic E-state index is 13.3. The van der Waals surface area contributed by atoms with Gasteiger partial charge in [-0.05, 0) is 56.4 Å². The lowest BCUT2D eigenvalue weighted by Crippen LogP contribution is -2.71. The number of fused-ring (bicyclic) bond motifs is 4. The van der Waals surface area contributed by atoms with E-state index in [1.54, 1.807) is 24.3 Å². The molecule has 0 radical (unpaired) electrons.